The van der Waals surface area contributed by atoms with Crippen molar-refractivity contribution < 1.29 is 18.0 Å². The Labute approximate surface area is 191 Å². The SMILES string of the molecule is CC1CN(Cc2ccc(F)cc2C(F)F)CCN1/C(=C/C=O)c1nc(C#N)ccc1N(C)C. The molecule has 6 nitrogen and oxygen atoms in total. The summed E-state index contributed by atoms with van der Waals surface area (Å²) in [4.78, 5) is 21.9. The molecule has 1 unspecified atom stereocenters. The van der Waals surface area contributed by atoms with Gasteiger partial charge >= 0.3 is 0 Å². The number of nitriles is 1. The number of hydrogen-bond acceptors (Lipinski definition) is 6. The molecule has 1 aliphatic rings. The first-order chi connectivity index (χ1) is 15.7. The first-order valence-corrected chi connectivity index (χ1v) is 10.5. The lowest BCUT2D eigenvalue weighted by Crippen LogP contribution is -2.50. The number of pyridine rings is 1. The van der Waals surface area contributed by atoms with E-state index in [0.717, 1.165) is 11.8 Å². The number of nitrogens with zero attached hydrogens (tertiary/aromatic N) is 5. The minimum atomic E-state index is -2.75. The monoisotopic (exact) mass is 457 g/mol. The van der Waals surface area contributed by atoms with Gasteiger partial charge in [0.25, 0.3) is 6.43 Å². The van der Waals surface area contributed by atoms with Crippen molar-refractivity contribution in [1.29, 1.82) is 5.26 Å². The molecule has 174 valence electrons. The van der Waals surface area contributed by atoms with Crippen LogP contribution in [0.4, 0.5) is 18.9 Å². The minimum absolute atomic E-state index is 0.0667. The van der Waals surface area contributed by atoms with Gasteiger partial charge < -0.3 is 9.80 Å². The number of hydrogen-bond donors (Lipinski definition) is 0. The Morgan fingerprint density at radius 2 is 2.06 bits per heavy atom. The van der Waals surface area contributed by atoms with E-state index in [1.165, 1.54) is 18.2 Å². The van der Waals surface area contributed by atoms with E-state index < -0.39 is 12.2 Å². The third-order valence-corrected chi connectivity index (χ3v) is 5.70. The standard InChI is InChI=1S/C24H26F3N5O/c1-16-14-31(15-17-4-5-18(25)12-20(17)24(26)27)9-10-32(16)22(8-11-33)23-21(30(2)3)7-6-19(13-28)29-23/h4-8,11-12,16,24H,9-10,14-15H2,1-3H3/b22-8+. The van der Waals surface area contributed by atoms with Crippen LogP contribution in [0, 0.1) is 17.1 Å². The molecule has 0 saturated carbocycles. The normalized spacial score (nSPS) is 17.2. The number of anilines is 1. The van der Waals surface area contributed by atoms with Gasteiger partial charge in [-0.2, -0.15) is 5.26 Å². The Hall–Kier alpha value is -3.38. The lowest BCUT2D eigenvalue weighted by molar-refractivity contribution is -0.104. The third kappa shape index (κ3) is 5.52. The van der Waals surface area contributed by atoms with E-state index >= 15 is 0 Å². The molecule has 9 heteroatoms. The summed E-state index contributed by atoms with van der Waals surface area (Å²) >= 11 is 0. The largest absolute Gasteiger partial charge is 0.376 e. The van der Waals surface area contributed by atoms with Crippen LogP contribution >= 0.6 is 0 Å². The zero-order valence-electron chi connectivity index (χ0n) is 18.8. The van der Waals surface area contributed by atoms with Gasteiger partial charge in [-0.25, -0.2) is 18.2 Å². The number of aldehydes is 1. The van der Waals surface area contributed by atoms with Crippen molar-refractivity contribution in [3.8, 4) is 6.07 Å². The number of alkyl halides is 2. The van der Waals surface area contributed by atoms with Crippen LogP contribution in [0.2, 0.25) is 0 Å². The second-order valence-corrected chi connectivity index (χ2v) is 8.18. The number of carbonyl (C=O) groups is 1. The van der Waals surface area contributed by atoms with Crippen molar-refractivity contribution in [3.05, 3.63) is 64.7 Å². The maximum Gasteiger partial charge on any atom is 0.264 e. The Kier molecular flexibility index (Phi) is 7.71. The van der Waals surface area contributed by atoms with Crippen molar-refractivity contribution in [3.63, 3.8) is 0 Å². The number of aromatic nitrogens is 1. The van der Waals surface area contributed by atoms with Gasteiger partial charge in [0.05, 0.1) is 11.4 Å². The molecule has 0 amide bonds. The van der Waals surface area contributed by atoms with E-state index in [4.69, 9.17) is 0 Å². The molecule has 1 aliphatic heterocycles. The molecule has 1 saturated heterocycles. The maximum absolute atomic E-state index is 13.4. The highest BCUT2D eigenvalue weighted by molar-refractivity contribution is 5.84. The number of benzene rings is 1. The summed E-state index contributed by atoms with van der Waals surface area (Å²) in [7, 11) is 3.71. The van der Waals surface area contributed by atoms with Crippen molar-refractivity contribution in [1.82, 2.24) is 14.8 Å². The highest BCUT2D eigenvalue weighted by atomic mass is 19.3. The van der Waals surface area contributed by atoms with Crippen LogP contribution in [-0.2, 0) is 11.3 Å². The lowest BCUT2D eigenvalue weighted by atomic mass is 10.0. The average molecular weight is 458 g/mol. The van der Waals surface area contributed by atoms with Gasteiger partial charge in [0.15, 0.2) is 0 Å². The third-order valence-electron chi connectivity index (χ3n) is 5.70. The first-order valence-electron chi connectivity index (χ1n) is 10.5. The smallest absolute Gasteiger partial charge is 0.264 e. The lowest BCUT2D eigenvalue weighted by Gasteiger charge is -2.42. The summed E-state index contributed by atoms with van der Waals surface area (Å²) < 4.78 is 40.2. The van der Waals surface area contributed by atoms with Gasteiger partial charge in [0, 0.05) is 58.0 Å². The summed E-state index contributed by atoms with van der Waals surface area (Å²) in [5.74, 6) is -0.681. The van der Waals surface area contributed by atoms with Crippen LogP contribution in [0.5, 0.6) is 0 Å². The van der Waals surface area contributed by atoms with Crippen LogP contribution in [0.25, 0.3) is 5.70 Å². The first kappa shape index (κ1) is 24.3. The number of rotatable bonds is 7. The minimum Gasteiger partial charge on any atom is -0.376 e. The Balaban J connectivity index is 1.85. The van der Waals surface area contributed by atoms with Gasteiger partial charge in [0.2, 0.25) is 0 Å². The van der Waals surface area contributed by atoms with Crippen molar-refractivity contribution in [2.75, 3.05) is 38.6 Å². The molecular formula is C24H26F3N5O. The second kappa shape index (κ2) is 10.5. The predicted molar refractivity (Wildman–Crippen MR) is 120 cm³/mol. The molecule has 0 bridgehead atoms. The van der Waals surface area contributed by atoms with E-state index in [-0.39, 0.29) is 23.8 Å². The summed E-state index contributed by atoms with van der Waals surface area (Å²) in [6, 6.07) is 8.89. The van der Waals surface area contributed by atoms with Crippen LogP contribution in [0.1, 0.15) is 35.9 Å². The summed E-state index contributed by atoms with van der Waals surface area (Å²) in [6.07, 6.45) is -0.612. The average Bonchev–Trinajstić information content (AvgIpc) is 2.78. The highest BCUT2D eigenvalue weighted by Gasteiger charge is 2.29. The van der Waals surface area contributed by atoms with Crippen LogP contribution in [-0.4, -0.2) is 60.8 Å². The highest BCUT2D eigenvalue weighted by Crippen LogP contribution is 2.31. The van der Waals surface area contributed by atoms with Crippen LogP contribution in [0.15, 0.2) is 36.4 Å². The molecule has 33 heavy (non-hydrogen) atoms. The van der Waals surface area contributed by atoms with Crippen molar-refractivity contribution in [2.24, 2.45) is 0 Å². The molecule has 1 aromatic carbocycles. The topological polar surface area (TPSA) is 63.5 Å². The zero-order chi connectivity index (χ0) is 24.1. The Morgan fingerprint density at radius 3 is 2.67 bits per heavy atom. The number of carbonyl (C=O) groups excluding carboxylic acids is 1. The molecule has 1 fully saturated rings. The van der Waals surface area contributed by atoms with E-state index in [1.54, 1.807) is 12.1 Å². The van der Waals surface area contributed by atoms with Gasteiger partial charge in [-0.15, -0.1) is 0 Å². The molecule has 2 heterocycles. The fourth-order valence-corrected chi connectivity index (χ4v) is 4.13. The molecule has 2 aromatic rings. The summed E-state index contributed by atoms with van der Waals surface area (Å²) in [5, 5.41) is 9.31. The van der Waals surface area contributed by atoms with E-state index in [1.807, 2.05) is 41.8 Å². The number of allylic oxidation sites excluding steroid dienone is 1. The van der Waals surface area contributed by atoms with Gasteiger partial charge in [-0.1, -0.05) is 6.07 Å². The molecule has 1 aromatic heterocycles. The van der Waals surface area contributed by atoms with Gasteiger partial charge in [0.1, 0.15) is 29.6 Å². The molecule has 0 radical (unpaired) electrons. The quantitative estimate of drug-likeness (QED) is 0.465. The van der Waals surface area contributed by atoms with Crippen LogP contribution in [0.3, 0.4) is 0 Å². The molecule has 0 aliphatic carbocycles. The van der Waals surface area contributed by atoms with E-state index in [2.05, 4.69) is 4.98 Å². The fraction of sp³-hybridized carbons (Fsp3) is 0.375. The molecule has 0 N–H and O–H groups in total. The molecule has 1 atom stereocenters. The number of halogens is 3. The zero-order valence-corrected chi connectivity index (χ0v) is 18.8. The van der Waals surface area contributed by atoms with E-state index in [0.29, 0.717) is 42.9 Å². The summed E-state index contributed by atoms with van der Waals surface area (Å²) in [5.41, 5.74) is 2.26. The maximum atomic E-state index is 13.4. The van der Waals surface area contributed by atoms with Gasteiger partial charge in [-0.05, 0) is 36.8 Å². The van der Waals surface area contributed by atoms with Crippen molar-refractivity contribution in [2.45, 2.75) is 25.9 Å². The van der Waals surface area contributed by atoms with E-state index in [9.17, 15) is 23.2 Å². The van der Waals surface area contributed by atoms with Crippen molar-refractivity contribution >= 4 is 17.7 Å². The molecule has 3 rings (SSSR count). The van der Waals surface area contributed by atoms with Gasteiger partial charge in [-0.3, -0.25) is 9.69 Å². The fourth-order valence-electron chi connectivity index (χ4n) is 4.13. The summed E-state index contributed by atoms with van der Waals surface area (Å²) in [6.45, 7) is 3.88. The molecular weight excluding hydrogens is 431 g/mol. The number of piperazine rings is 1. The Morgan fingerprint density at radius 1 is 1.30 bits per heavy atom. The van der Waals surface area contributed by atoms with Crippen LogP contribution < -0.4 is 4.90 Å². The Bertz CT molecular complexity index is 1080. The predicted octanol–water partition coefficient (Wildman–Crippen LogP) is 3.84. The second-order valence-electron chi connectivity index (χ2n) is 8.18. The molecule has 0 spiro atoms.